The van der Waals surface area contributed by atoms with Crippen molar-refractivity contribution in [2.75, 3.05) is 0 Å². The van der Waals surface area contributed by atoms with Gasteiger partial charge in [0.05, 0.1) is 24.7 Å². The summed E-state index contributed by atoms with van der Waals surface area (Å²) in [6.07, 6.45) is 0.330. The number of nitrogens with zero attached hydrogens (tertiary/aromatic N) is 2. The van der Waals surface area contributed by atoms with Crippen LogP contribution in [-0.2, 0) is 12.0 Å². The van der Waals surface area contributed by atoms with Crippen LogP contribution in [-0.4, -0.2) is 9.78 Å². The Bertz CT molecular complexity index is 445. The Morgan fingerprint density at radius 3 is 2.53 bits per heavy atom. The van der Waals surface area contributed by atoms with Gasteiger partial charge in [-0.15, -0.1) is 0 Å². The molecule has 0 saturated carbocycles. The third-order valence-corrected chi connectivity index (χ3v) is 2.83. The van der Waals surface area contributed by atoms with Gasteiger partial charge in [0.15, 0.2) is 0 Å². The van der Waals surface area contributed by atoms with Crippen molar-refractivity contribution in [2.45, 2.75) is 39.2 Å². The maximum Gasteiger partial charge on any atom is 0.281 e. The third kappa shape index (κ3) is 2.51. The van der Waals surface area contributed by atoms with E-state index in [9.17, 15) is 4.79 Å². The van der Waals surface area contributed by atoms with Gasteiger partial charge in [-0.1, -0.05) is 20.8 Å². The fourth-order valence-corrected chi connectivity index (χ4v) is 2.17. The fourth-order valence-electron chi connectivity index (χ4n) is 1.28. The average molecular weight is 272 g/mol. The largest absolute Gasteiger partial charge is 0.298 e. The van der Waals surface area contributed by atoms with Crippen molar-refractivity contribution in [3.05, 3.63) is 20.5 Å². The Hall–Kier alpha value is -1.02. The molecule has 0 amide bonds. The summed E-state index contributed by atoms with van der Waals surface area (Å²) >= 11 is 3.28. The number of aromatic amines is 1. The summed E-state index contributed by atoms with van der Waals surface area (Å²) in [4.78, 5) is 11.7. The molecule has 1 aromatic rings. The first kappa shape index (κ1) is 12.1. The van der Waals surface area contributed by atoms with E-state index in [1.165, 1.54) is 4.68 Å². The highest BCUT2D eigenvalue weighted by atomic mass is 79.9. The van der Waals surface area contributed by atoms with Gasteiger partial charge < -0.3 is 0 Å². The molecule has 0 bridgehead atoms. The molecule has 0 radical (unpaired) electrons. The van der Waals surface area contributed by atoms with E-state index in [0.29, 0.717) is 17.4 Å². The highest BCUT2D eigenvalue weighted by molar-refractivity contribution is 9.10. The Balaban J connectivity index is 3.15. The molecule has 1 heterocycles. The number of aryl methyl sites for hydroxylation is 1. The third-order valence-electron chi connectivity index (χ3n) is 2.10. The predicted molar refractivity (Wildman–Crippen MR) is 61.7 cm³/mol. The fraction of sp³-hybridized carbons (Fsp3) is 0.600. The van der Waals surface area contributed by atoms with E-state index in [4.69, 9.17) is 5.26 Å². The zero-order valence-corrected chi connectivity index (χ0v) is 10.7. The maximum atomic E-state index is 11.7. The van der Waals surface area contributed by atoms with Crippen LogP contribution in [0.4, 0.5) is 0 Å². The number of rotatable bonds is 2. The van der Waals surface area contributed by atoms with Crippen molar-refractivity contribution in [3.8, 4) is 6.07 Å². The lowest BCUT2D eigenvalue weighted by Crippen LogP contribution is -2.16. The van der Waals surface area contributed by atoms with Gasteiger partial charge in [-0.05, 0) is 15.9 Å². The van der Waals surface area contributed by atoms with Crippen molar-refractivity contribution < 1.29 is 0 Å². The Morgan fingerprint density at radius 2 is 2.13 bits per heavy atom. The first-order chi connectivity index (χ1) is 6.88. The summed E-state index contributed by atoms with van der Waals surface area (Å²) in [5.41, 5.74) is 0.649. The monoisotopic (exact) mass is 271 g/mol. The van der Waals surface area contributed by atoms with Gasteiger partial charge in [0, 0.05) is 5.41 Å². The number of nitrogens with one attached hydrogen (secondary N) is 1. The lowest BCUT2D eigenvalue weighted by atomic mass is 9.93. The van der Waals surface area contributed by atoms with Crippen LogP contribution in [0.2, 0.25) is 0 Å². The molecule has 0 fully saturated rings. The van der Waals surface area contributed by atoms with Gasteiger partial charge in [0.1, 0.15) is 4.47 Å². The van der Waals surface area contributed by atoms with Crippen molar-refractivity contribution in [2.24, 2.45) is 0 Å². The van der Waals surface area contributed by atoms with Crippen molar-refractivity contribution in [3.63, 3.8) is 0 Å². The molecular formula is C10H14BrN3O. The molecule has 1 N–H and O–H groups in total. The van der Waals surface area contributed by atoms with Crippen LogP contribution in [0.15, 0.2) is 9.27 Å². The highest BCUT2D eigenvalue weighted by Gasteiger charge is 2.22. The first-order valence-corrected chi connectivity index (χ1v) is 5.53. The first-order valence-electron chi connectivity index (χ1n) is 4.73. The summed E-state index contributed by atoms with van der Waals surface area (Å²) in [5.74, 6) is 0. The van der Waals surface area contributed by atoms with E-state index in [1.54, 1.807) is 0 Å². The molecule has 0 aliphatic rings. The zero-order chi connectivity index (χ0) is 11.6. The van der Waals surface area contributed by atoms with Crippen LogP contribution < -0.4 is 5.56 Å². The Kier molecular flexibility index (Phi) is 3.40. The van der Waals surface area contributed by atoms with Gasteiger partial charge >= 0.3 is 0 Å². The van der Waals surface area contributed by atoms with Crippen molar-refractivity contribution >= 4 is 15.9 Å². The topological polar surface area (TPSA) is 61.6 Å². The zero-order valence-electron chi connectivity index (χ0n) is 9.09. The normalized spacial score (nSPS) is 11.4. The molecule has 0 spiro atoms. The van der Waals surface area contributed by atoms with Crippen molar-refractivity contribution in [1.82, 2.24) is 9.78 Å². The molecule has 15 heavy (non-hydrogen) atoms. The van der Waals surface area contributed by atoms with Crippen LogP contribution in [0.25, 0.3) is 0 Å². The van der Waals surface area contributed by atoms with Crippen LogP contribution in [0, 0.1) is 11.3 Å². The number of nitriles is 1. The van der Waals surface area contributed by atoms with Crippen molar-refractivity contribution in [1.29, 1.82) is 5.26 Å². The van der Waals surface area contributed by atoms with Gasteiger partial charge in [-0.3, -0.25) is 14.6 Å². The molecular weight excluding hydrogens is 258 g/mol. The van der Waals surface area contributed by atoms with Gasteiger partial charge in [-0.25, -0.2) is 0 Å². The quantitative estimate of drug-likeness (QED) is 0.896. The standard InChI is InChI=1S/C10H14BrN3O/c1-10(2,3)8-7(11)9(15)14(13-8)6-4-5-12/h13H,4,6H2,1-3H3. The molecule has 82 valence electrons. The molecule has 0 atom stereocenters. The molecule has 5 heteroatoms. The van der Waals surface area contributed by atoms with Gasteiger partial charge in [0.2, 0.25) is 0 Å². The minimum absolute atomic E-state index is 0.102. The Morgan fingerprint density at radius 1 is 1.53 bits per heavy atom. The van der Waals surface area contributed by atoms with E-state index in [2.05, 4.69) is 21.0 Å². The summed E-state index contributed by atoms with van der Waals surface area (Å²) in [5, 5.41) is 11.5. The highest BCUT2D eigenvalue weighted by Crippen LogP contribution is 2.25. The predicted octanol–water partition coefficient (Wildman–Crippen LogP) is 2.15. The van der Waals surface area contributed by atoms with Crippen LogP contribution >= 0.6 is 15.9 Å². The van der Waals surface area contributed by atoms with Crippen LogP contribution in [0.5, 0.6) is 0 Å². The summed E-state index contributed by atoms with van der Waals surface area (Å²) in [6.45, 7) is 6.48. The minimum Gasteiger partial charge on any atom is -0.298 e. The molecule has 1 rings (SSSR count). The number of aromatic nitrogens is 2. The molecule has 0 saturated heterocycles. The molecule has 0 unspecified atom stereocenters. The summed E-state index contributed by atoms with van der Waals surface area (Å²) in [7, 11) is 0. The second-order valence-corrected chi connectivity index (χ2v) is 5.21. The molecule has 1 aromatic heterocycles. The number of hydrogen-bond acceptors (Lipinski definition) is 2. The van der Waals surface area contributed by atoms with Crippen LogP contribution in [0.3, 0.4) is 0 Å². The van der Waals surface area contributed by atoms with E-state index in [0.717, 1.165) is 5.69 Å². The maximum absolute atomic E-state index is 11.7. The van der Waals surface area contributed by atoms with E-state index >= 15 is 0 Å². The lowest BCUT2D eigenvalue weighted by Gasteiger charge is -2.16. The number of hydrogen-bond donors (Lipinski definition) is 1. The van der Waals surface area contributed by atoms with Crippen LogP contribution in [0.1, 0.15) is 32.9 Å². The second-order valence-electron chi connectivity index (χ2n) is 4.42. The van der Waals surface area contributed by atoms with E-state index in [-0.39, 0.29) is 11.0 Å². The lowest BCUT2D eigenvalue weighted by molar-refractivity contribution is 0.530. The smallest absolute Gasteiger partial charge is 0.281 e. The summed E-state index contributed by atoms with van der Waals surface area (Å²) < 4.78 is 2.03. The molecule has 4 nitrogen and oxygen atoms in total. The SMILES string of the molecule is CC(C)(C)c1[nH]n(CCC#N)c(=O)c1Br. The minimum atomic E-state index is -0.115. The number of H-pyrrole nitrogens is 1. The molecule has 0 aliphatic carbocycles. The number of halogens is 1. The average Bonchev–Trinajstić information content (AvgIpc) is 2.41. The van der Waals surface area contributed by atoms with Gasteiger partial charge in [0.25, 0.3) is 5.56 Å². The Labute approximate surface area is 97.0 Å². The second kappa shape index (κ2) is 4.23. The molecule has 0 aliphatic heterocycles. The summed E-state index contributed by atoms with van der Waals surface area (Å²) in [6, 6.07) is 2.02. The molecule has 0 aromatic carbocycles. The van der Waals surface area contributed by atoms with E-state index in [1.807, 2.05) is 26.8 Å². The van der Waals surface area contributed by atoms with E-state index < -0.39 is 0 Å². The van der Waals surface area contributed by atoms with Gasteiger partial charge in [-0.2, -0.15) is 5.26 Å².